The van der Waals surface area contributed by atoms with Gasteiger partial charge in [0.2, 0.25) is 5.91 Å². The molecule has 110 valence electrons. The van der Waals surface area contributed by atoms with E-state index < -0.39 is 0 Å². The summed E-state index contributed by atoms with van der Waals surface area (Å²) in [6.45, 7) is 4.01. The van der Waals surface area contributed by atoms with Crippen LogP contribution in [0, 0.1) is 11.3 Å². The summed E-state index contributed by atoms with van der Waals surface area (Å²) in [5, 5.41) is 8.82. The van der Waals surface area contributed by atoms with Crippen LogP contribution in [0.15, 0.2) is 17.5 Å². The molecule has 2 N–H and O–H groups in total. The third kappa shape index (κ3) is 2.63. The second kappa shape index (κ2) is 5.86. The number of hydrogen-bond donors (Lipinski definition) is 2. The molecule has 3 rings (SSSR count). The molecule has 1 aromatic rings. The van der Waals surface area contributed by atoms with Gasteiger partial charge in [0, 0.05) is 23.9 Å². The van der Waals surface area contributed by atoms with E-state index in [0.717, 1.165) is 25.9 Å². The molecule has 1 unspecified atom stereocenters. The van der Waals surface area contributed by atoms with E-state index in [-0.39, 0.29) is 17.4 Å². The van der Waals surface area contributed by atoms with Crippen molar-refractivity contribution in [3.8, 4) is 0 Å². The van der Waals surface area contributed by atoms with Gasteiger partial charge in [-0.05, 0) is 43.7 Å². The Morgan fingerprint density at radius 2 is 2.50 bits per heavy atom. The third-order valence-corrected chi connectivity index (χ3v) is 5.85. The smallest absolute Gasteiger partial charge is 0.228 e. The largest absolute Gasteiger partial charge is 0.353 e. The molecule has 0 spiro atoms. The zero-order chi connectivity index (χ0) is 14.0. The molecule has 0 bridgehead atoms. The molecule has 0 radical (unpaired) electrons. The summed E-state index contributed by atoms with van der Waals surface area (Å²) >= 11 is 1.77. The molecular weight excluding hydrogens is 268 g/mol. The highest BCUT2D eigenvalue weighted by Crippen LogP contribution is 2.43. The van der Waals surface area contributed by atoms with Crippen molar-refractivity contribution >= 4 is 17.2 Å². The average Bonchev–Trinajstić information content (AvgIpc) is 3.07. The number of fused-ring (bicyclic) bond motifs is 1. The number of thiophene rings is 1. The Morgan fingerprint density at radius 3 is 3.30 bits per heavy atom. The SMILES string of the molecule is CC(Cc1cccs1)NC(=O)[C@@]12CCCC[C@H]1CNC2. The van der Waals surface area contributed by atoms with Crippen LogP contribution in [0.25, 0.3) is 0 Å². The fraction of sp³-hybridized carbons (Fsp3) is 0.688. The molecule has 1 aliphatic carbocycles. The first-order valence-corrected chi connectivity index (χ1v) is 8.63. The van der Waals surface area contributed by atoms with E-state index in [0.29, 0.717) is 5.92 Å². The van der Waals surface area contributed by atoms with E-state index in [4.69, 9.17) is 0 Å². The van der Waals surface area contributed by atoms with Gasteiger partial charge in [0.1, 0.15) is 0 Å². The van der Waals surface area contributed by atoms with Crippen LogP contribution in [-0.4, -0.2) is 25.0 Å². The summed E-state index contributed by atoms with van der Waals surface area (Å²) < 4.78 is 0. The molecular formula is C16H24N2OS. The topological polar surface area (TPSA) is 41.1 Å². The van der Waals surface area contributed by atoms with Gasteiger partial charge in [-0.3, -0.25) is 4.79 Å². The Balaban J connectivity index is 1.63. The Labute approximate surface area is 125 Å². The summed E-state index contributed by atoms with van der Waals surface area (Å²) in [5.41, 5.74) is -0.123. The van der Waals surface area contributed by atoms with Gasteiger partial charge in [-0.25, -0.2) is 0 Å². The quantitative estimate of drug-likeness (QED) is 0.895. The van der Waals surface area contributed by atoms with Gasteiger partial charge in [0.05, 0.1) is 5.41 Å². The third-order valence-electron chi connectivity index (χ3n) is 4.96. The van der Waals surface area contributed by atoms with E-state index in [1.165, 1.54) is 24.1 Å². The van der Waals surface area contributed by atoms with Crippen LogP contribution in [0.2, 0.25) is 0 Å². The van der Waals surface area contributed by atoms with Crippen LogP contribution >= 0.6 is 11.3 Å². The number of carbonyl (C=O) groups excluding carboxylic acids is 1. The van der Waals surface area contributed by atoms with E-state index in [1.807, 2.05) is 0 Å². The van der Waals surface area contributed by atoms with E-state index in [2.05, 4.69) is 35.1 Å². The van der Waals surface area contributed by atoms with Crippen molar-refractivity contribution < 1.29 is 4.79 Å². The predicted octanol–water partition coefficient (Wildman–Crippen LogP) is 2.58. The van der Waals surface area contributed by atoms with Crippen molar-refractivity contribution in [3.05, 3.63) is 22.4 Å². The van der Waals surface area contributed by atoms with Gasteiger partial charge < -0.3 is 10.6 Å². The van der Waals surface area contributed by atoms with Crippen molar-refractivity contribution in [2.45, 2.75) is 45.1 Å². The maximum absolute atomic E-state index is 12.8. The van der Waals surface area contributed by atoms with Crippen LogP contribution in [-0.2, 0) is 11.2 Å². The van der Waals surface area contributed by atoms with E-state index in [9.17, 15) is 4.79 Å². The fourth-order valence-corrected chi connectivity index (χ4v) is 4.67. The first-order chi connectivity index (χ1) is 9.71. The maximum atomic E-state index is 12.8. The maximum Gasteiger partial charge on any atom is 0.228 e. The lowest BCUT2D eigenvalue weighted by molar-refractivity contribution is -0.134. The molecule has 2 heterocycles. The molecule has 2 aliphatic rings. The Bertz CT molecular complexity index is 459. The highest BCUT2D eigenvalue weighted by Gasteiger charge is 2.49. The van der Waals surface area contributed by atoms with Crippen molar-refractivity contribution in [2.75, 3.05) is 13.1 Å². The highest BCUT2D eigenvalue weighted by atomic mass is 32.1. The fourth-order valence-electron chi connectivity index (χ4n) is 3.84. The normalized spacial score (nSPS) is 30.8. The van der Waals surface area contributed by atoms with Crippen LogP contribution < -0.4 is 10.6 Å². The van der Waals surface area contributed by atoms with Crippen molar-refractivity contribution in [2.24, 2.45) is 11.3 Å². The summed E-state index contributed by atoms with van der Waals surface area (Å²) in [7, 11) is 0. The number of carbonyl (C=O) groups is 1. The van der Waals surface area contributed by atoms with E-state index >= 15 is 0 Å². The van der Waals surface area contributed by atoms with Crippen LogP contribution in [0.4, 0.5) is 0 Å². The lowest BCUT2D eigenvalue weighted by Crippen LogP contribution is -2.50. The first-order valence-electron chi connectivity index (χ1n) is 7.75. The van der Waals surface area contributed by atoms with Gasteiger partial charge in [-0.1, -0.05) is 18.9 Å². The summed E-state index contributed by atoms with van der Waals surface area (Å²) in [5.74, 6) is 0.835. The molecule has 2 fully saturated rings. The van der Waals surface area contributed by atoms with Gasteiger partial charge in [0.15, 0.2) is 0 Å². The lowest BCUT2D eigenvalue weighted by Gasteiger charge is -2.37. The Hall–Kier alpha value is -0.870. The minimum absolute atomic E-state index is 0.123. The van der Waals surface area contributed by atoms with Crippen molar-refractivity contribution in [3.63, 3.8) is 0 Å². The van der Waals surface area contributed by atoms with Gasteiger partial charge in [-0.15, -0.1) is 11.3 Å². The molecule has 1 saturated heterocycles. The summed E-state index contributed by atoms with van der Waals surface area (Å²) in [6, 6.07) is 4.44. The zero-order valence-corrected chi connectivity index (χ0v) is 13.0. The van der Waals surface area contributed by atoms with Gasteiger partial charge in [0.25, 0.3) is 0 Å². The molecule has 1 saturated carbocycles. The monoisotopic (exact) mass is 292 g/mol. The van der Waals surface area contributed by atoms with Gasteiger partial charge >= 0.3 is 0 Å². The predicted molar refractivity (Wildman–Crippen MR) is 82.9 cm³/mol. The minimum atomic E-state index is -0.123. The second-order valence-electron chi connectivity index (χ2n) is 6.39. The van der Waals surface area contributed by atoms with Crippen LogP contribution in [0.1, 0.15) is 37.5 Å². The molecule has 0 aromatic carbocycles. The highest BCUT2D eigenvalue weighted by molar-refractivity contribution is 7.09. The second-order valence-corrected chi connectivity index (χ2v) is 7.42. The number of rotatable bonds is 4. The number of nitrogens with one attached hydrogen (secondary N) is 2. The summed E-state index contributed by atoms with van der Waals surface area (Å²) in [6.07, 6.45) is 5.69. The molecule has 1 aromatic heterocycles. The molecule has 1 amide bonds. The van der Waals surface area contributed by atoms with Gasteiger partial charge in [-0.2, -0.15) is 0 Å². The standard InChI is InChI=1S/C16H24N2OS/c1-12(9-14-6-4-8-20-14)18-15(19)16-7-3-2-5-13(16)10-17-11-16/h4,6,8,12-13,17H,2-3,5,7,9-11H2,1H3,(H,18,19)/t12?,13-,16+/m0/s1. The molecule has 3 atom stereocenters. The summed E-state index contributed by atoms with van der Waals surface area (Å²) in [4.78, 5) is 14.1. The molecule has 1 aliphatic heterocycles. The Morgan fingerprint density at radius 1 is 1.60 bits per heavy atom. The zero-order valence-electron chi connectivity index (χ0n) is 12.2. The average molecular weight is 292 g/mol. The molecule has 4 heteroatoms. The van der Waals surface area contributed by atoms with Crippen LogP contribution in [0.3, 0.4) is 0 Å². The minimum Gasteiger partial charge on any atom is -0.353 e. The number of hydrogen-bond acceptors (Lipinski definition) is 3. The van der Waals surface area contributed by atoms with Crippen molar-refractivity contribution in [1.29, 1.82) is 0 Å². The van der Waals surface area contributed by atoms with Crippen LogP contribution in [0.5, 0.6) is 0 Å². The molecule has 3 nitrogen and oxygen atoms in total. The first kappa shape index (κ1) is 14.1. The lowest BCUT2D eigenvalue weighted by atomic mass is 9.67. The van der Waals surface area contributed by atoms with Crippen molar-refractivity contribution in [1.82, 2.24) is 10.6 Å². The van der Waals surface area contributed by atoms with E-state index in [1.54, 1.807) is 11.3 Å². The molecule has 20 heavy (non-hydrogen) atoms. The Kier molecular flexibility index (Phi) is 4.13. The number of amides is 1.